The van der Waals surface area contributed by atoms with Gasteiger partial charge in [-0.1, -0.05) is 0 Å². The van der Waals surface area contributed by atoms with E-state index in [1.165, 1.54) is 0 Å². The van der Waals surface area contributed by atoms with Gasteiger partial charge in [0.2, 0.25) is 17.7 Å². The van der Waals surface area contributed by atoms with E-state index < -0.39 is 241 Å². The summed E-state index contributed by atoms with van der Waals surface area (Å²) in [6.45, 7) is -2.43. The molecule has 6 heterocycles. The second-order valence-corrected chi connectivity index (χ2v) is 19.0. The first-order valence-electron chi connectivity index (χ1n) is 24.1. The third kappa shape index (κ3) is 13.9. The number of hydrogen-bond donors (Lipinski definition) is 20. The third-order valence-electron chi connectivity index (χ3n) is 13.6. The zero-order chi connectivity index (χ0) is 56.2. The molecule has 6 aliphatic rings. The van der Waals surface area contributed by atoms with Crippen molar-refractivity contribution >= 4 is 17.7 Å². The summed E-state index contributed by atoms with van der Waals surface area (Å²) in [6.07, 6.45) is -51.8. The molecule has 0 aliphatic carbocycles. The molecule has 0 spiro atoms. The molecule has 76 heavy (non-hydrogen) atoms. The summed E-state index contributed by atoms with van der Waals surface area (Å²) in [7, 11) is 0. The Morgan fingerprint density at radius 3 is 1.25 bits per heavy atom. The average molecular weight is 1110 g/mol. The number of ether oxygens (including phenoxy) is 11. The normalized spacial score (nSPS) is 48.2. The second-order valence-electron chi connectivity index (χ2n) is 19.0. The molecule has 3 amide bonds. The van der Waals surface area contributed by atoms with E-state index in [1.54, 1.807) is 0 Å². The summed E-state index contributed by atoms with van der Waals surface area (Å²) >= 11 is 0. The highest BCUT2D eigenvalue weighted by atomic mass is 16.8. The summed E-state index contributed by atoms with van der Waals surface area (Å²) in [5.41, 5.74) is 0. The molecular formula is C42H71N3O31. The molecule has 0 unspecified atom stereocenters. The molecule has 0 aromatic carbocycles. The predicted molar refractivity (Wildman–Crippen MR) is 234 cm³/mol. The van der Waals surface area contributed by atoms with Crippen LogP contribution in [0.15, 0.2) is 0 Å². The van der Waals surface area contributed by atoms with Crippen LogP contribution in [0, 0.1) is 0 Å². The lowest BCUT2D eigenvalue weighted by Crippen LogP contribution is -2.69. The van der Waals surface area contributed by atoms with Crippen LogP contribution < -0.4 is 16.0 Å². The molecule has 6 aliphatic heterocycles. The number of rotatable bonds is 19. The van der Waals surface area contributed by atoms with Crippen molar-refractivity contribution < 1.29 is 153 Å². The van der Waals surface area contributed by atoms with Gasteiger partial charge in [0, 0.05) is 20.8 Å². The summed E-state index contributed by atoms with van der Waals surface area (Å²) in [6, 6.07) is -4.81. The van der Waals surface area contributed by atoms with Crippen LogP contribution >= 0.6 is 0 Å². The van der Waals surface area contributed by atoms with Crippen molar-refractivity contribution in [1.82, 2.24) is 16.0 Å². The van der Waals surface area contributed by atoms with Gasteiger partial charge in [-0.15, -0.1) is 0 Å². The SMILES string of the molecule is CC(=O)N[C@@H]1[C@@H](O)[C@H](O[C@@H]2O[C@H](CO[C@H]3O[C@H](CO[C@@H]4O[C@H](CO)[C@@H](O)[C@H](O)[C@H]4NC(C)=O)[C@@H](O)[C@H](O)[C@@H]3O[C@@H]3O[C@H](CO)[C@@H](O)[C@H](O)[C@H]3NC(C)=O)[C@@H](O)[C@H](O[C@H]3O[C@H](CO)[C@@H](O)[C@H](O)[C@@H]3O)[C@@H]2O)[C@@H](CO)O[C@H]1O. The van der Waals surface area contributed by atoms with Crippen LogP contribution in [-0.2, 0) is 66.5 Å². The topological polar surface area (TPSA) is 533 Å². The Bertz CT molecular complexity index is 1870. The van der Waals surface area contributed by atoms with E-state index in [0.717, 1.165) is 20.8 Å². The van der Waals surface area contributed by atoms with Gasteiger partial charge in [0.15, 0.2) is 37.7 Å². The standard InChI is InChI=1S/C42H71N3O31/c1-10(50)43-19-29(60)34(16(7-49)68-37(19)65)74-41-33(64)35(75-40-32(63)30(61)24(55)15(6-48)71-40)26(57)18(72-41)9-67-42-36(76-39-21(45-12(3)52)28(59)23(54)14(5-47)70-39)31(62)25(56)17(73-42)8-66-38-20(44-11(2)51)27(58)22(53)13(4-46)69-38/h13-42,46-49,53-65H,4-9H2,1-3H3,(H,43,50)(H,44,51)(H,45,52)/t13-,14-,15-,16-,17-,18-,19-,20-,21-,22-,23-,24-,25-,26-,27-,28-,29-,30+,31+,32+,33+,34-,35+,36+,37-,38-,39+,40-,41+,42+/m1/s1. The third-order valence-corrected chi connectivity index (χ3v) is 13.6. The second kappa shape index (κ2) is 27.2. The Balaban J connectivity index is 1.33. The van der Waals surface area contributed by atoms with Gasteiger partial charge < -0.3 is 155 Å². The maximum absolute atomic E-state index is 12.3. The van der Waals surface area contributed by atoms with Gasteiger partial charge in [-0.05, 0) is 0 Å². The van der Waals surface area contributed by atoms with E-state index in [2.05, 4.69) is 16.0 Å². The Morgan fingerprint density at radius 1 is 0.342 bits per heavy atom. The van der Waals surface area contributed by atoms with Crippen LogP contribution in [0.5, 0.6) is 0 Å². The number of carbonyl (C=O) groups is 3. The molecule has 34 nitrogen and oxygen atoms in total. The zero-order valence-electron chi connectivity index (χ0n) is 40.9. The zero-order valence-corrected chi connectivity index (χ0v) is 40.9. The summed E-state index contributed by atoms with van der Waals surface area (Å²) in [5.74, 6) is -2.29. The Morgan fingerprint density at radius 2 is 0.724 bits per heavy atom. The summed E-state index contributed by atoms with van der Waals surface area (Å²) in [4.78, 5) is 36.4. The minimum absolute atomic E-state index is 0.727. The van der Waals surface area contributed by atoms with Gasteiger partial charge in [-0.25, -0.2) is 0 Å². The maximum atomic E-state index is 12.3. The molecule has 34 heteroatoms. The number of aliphatic hydroxyl groups excluding tert-OH is 17. The molecule has 0 aromatic rings. The first kappa shape index (κ1) is 62.5. The van der Waals surface area contributed by atoms with Crippen LogP contribution in [0.3, 0.4) is 0 Å². The number of nitrogens with one attached hydrogen (secondary N) is 3. The molecule has 0 radical (unpaired) electrons. The van der Waals surface area contributed by atoms with E-state index in [4.69, 9.17) is 52.1 Å². The highest BCUT2D eigenvalue weighted by Gasteiger charge is 2.57. The first-order chi connectivity index (χ1) is 35.9. The van der Waals surface area contributed by atoms with Crippen LogP contribution in [-0.4, -0.2) is 328 Å². The highest BCUT2D eigenvalue weighted by molar-refractivity contribution is 5.74. The monoisotopic (exact) mass is 1110 g/mol. The van der Waals surface area contributed by atoms with Crippen molar-refractivity contribution in [3.05, 3.63) is 0 Å². The number of hydrogen-bond acceptors (Lipinski definition) is 31. The smallest absolute Gasteiger partial charge is 0.217 e. The Labute approximate surface area is 431 Å². The average Bonchev–Trinajstić information content (AvgIpc) is 3.37. The molecule has 0 bridgehead atoms. The fraction of sp³-hybridized carbons (Fsp3) is 0.929. The first-order valence-corrected chi connectivity index (χ1v) is 24.1. The Hall–Kier alpha value is -2.71. The van der Waals surface area contributed by atoms with Crippen molar-refractivity contribution in [2.75, 3.05) is 39.6 Å². The number of amides is 3. The van der Waals surface area contributed by atoms with E-state index in [1.807, 2.05) is 0 Å². The van der Waals surface area contributed by atoms with Gasteiger partial charge in [0.25, 0.3) is 0 Å². The highest BCUT2D eigenvalue weighted by Crippen LogP contribution is 2.35. The van der Waals surface area contributed by atoms with Crippen LogP contribution in [0.25, 0.3) is 0 Å². The predicted octanol–water partition coefficient (Wildman–Crippen LogP) is -13.7. The van der Waals surface area contributed by atoms with Gasteiger partial charge in [0.05, 0.1) is 39.6 Å². The van der Waals surface area contributed by atoms with Gasteiger partial charge in [-0.2, -0.15) is 0 Å². The molecule has 6 saturated heterocycles. The van der Waals surface area contributed by atoms with Crippen LogP contribution in [0.1, 0.15) is 20.8 Å². The van der Waals surface area contributed by atoms with Crippen molar-refractivity contribution in [3.8, 4) is 0 Å². The van der Waals surface area contributed by atoms with Crippen molar-refractivity contribution in [2.45, 2.75) is 205 Å². The quantitative estimate of drug-likeness (QED) is 0.0571. The minimum Gasteiger partial charge on any atom is -0.394 e. The maximum Gasteiger partial charge on any atom is 0.217 e. The van der Waals surface area contributed by atoms with E-state index in [9.17, 15) is 101 Å². The fourth-order valence-electron chi connectivity index (χ4n) is 9.50. The lowest BCUT2D eigenvalue weighted by atomic mass is 9.95. The van der Waals surface area contributed by atoms with Crippen LogP contribution in [0.2, 0.25) is 0 Å². The lowest BCUT2D eigenvalue weighted by Gasteiger charge is -2.49. The summed E-state index contributed by atoms with van der Waals surface area (Å²) < 4.78 is 63.6. The van der Waals surface area contributed by atoms with E-state index >= 15 is 0 Å². The molecular weight excluding hydrogens is 1040 g/mol. The minimum atomic E-state index is -2.25. The Kier molecular flexibility index (Phi) is 22.3. The van der Waals surface area contributed by atoms with E-state index in [0.29, 0.717) is 0 Å². The van der Waals surface area contributed by atoms with Crippen molar-refractivity contribution in [3.63, 3.8) is 0 Å². The van der Waals surface area contributed by atoms with Gasteiger partial charge in [0.1, 0.15) is 146 Å². The molecule has 20 N–H and O–H groups in total. The molecule has 0 saturated carbocycles. The number of aliphatic hydroxyl groups is 17. The van der Waals surface area contributed by atoms with Crippen LogP contribution in [0.4, 0.5) is 0 Å². The summed E-state index contributed by atoms with van der Waals surface area (Å²) in [5, 5.41) is 190. The molecule has 30 atom stereocenters. The molecule has 6 fully saturated rings. The van der Waals surface area contributed by atoms with Crippen molar-refractivity contribution in [1.29, 1.82) is 0 Å². The van der Waals surface area contributed by atoms with E-state index in [-0.39, 0.29) is 0 Å². The fourth-order valence-corrected chi connectivity index (χ4v) is 9.50. The van der Waals surface area contributed by atoms with Crippen molar-refractivity contribution in [2.24, 2.45) is 0 Å². The molecule has 0 aromatic heterocycles. The van der Waals surface area contributed by atoms with Gasteiger partial charge >= 0.3 is 0 Å². The largest absolute Gasteiger partial charge is 0.394 e. The number of carbonyl (C=O) groups excluding carboxylic acids is 3. The lowest BCUT2D eigenvalue weighted by molar-refractivity contribution is -0.385. The molecule has 6 rings (SSSR count). The molecule has 440 valence electrons. The van der Waals surface area contributed by atoms with Gasteiger partial charge in [-0.3, -0.25) is 14.4 Å².